The van der Waals surface area contributed by atoms with E-state index in [9.17, 15) is 13.6 Å². The minimum absolute atomic E-state index is 0.0767. The average Bonchev–Trinajstić information content (AvgIpc) is 3.02. The Hall–Kier alpha value is -2.69. The first-order valence-electron chi connectivity index (χ1n) is 7.66. The Balaban J connectivity index is 1.65. The summed E-state index contributed by atoms with van der Waals surface area (Å²) in [6.45, 7) is 0.765. The number of halogens is 2. The molecule has 0 spiro atoms. The molecule has 0 atom stereocenters. The van der Waals surface area contributed by atoms with Gasteiger partial charge in [0.15, 0.2) is 0 Å². The molecule has 5 heteroatoms. The lowest BCUT2D eigenvalue weighted by Crippen LogP contribution is -2.24. The van der Waals surface area contributed by atoms with Crippen molar-refractivity contribution in [1.82, 2.24) is 4.90 Å². The van der Waals surface area contributed by atoms with Crippen LogP contribution in [0.25, 0.3) is 6.08 Å². The summed E-state index contributed by atoms with van der Waals surface area (Å²) in [6, 6.07) is 9.11. The lowest BCUT2D eigenvalue weighted by Gasteiger charge is -2.15. The Morgan fingerprint density at radius 1 is 1.25 bits per heavy atom. The van der Waals surface area contributed by atoms with E-state index in [-0.39, 0.29) is 18.0 Å². The molecule has 3 rings (SSSR count). The number of likely N-dealkylation sites (N-methyl/N-ethyl adjacent to an activating group) is 1. The second kappa shape index (κ2) is 6.83. The van der Waals surface area contributed by atoms with Gasteiger partial charge in [-0.3, -0.25) is 4.79 Å². The van der Waals surface area contributed by atoms with E-state index in [1.54, 1.807) is 13.1 Å². The lowest BCUT2D eigenvalue weighted by molar-refractivity contribution is -0.125. The van der Waals surface area contributed by atoms with Gasteiger partial charge < -0.3 is 9.64 Å². The molecular weight excluding hydrogens is 312 g/mol. The van der Waals surface area contributed by atoms with E-state index in [1.165, 1.54) is 23.1 Å². The smallest absolute Gasteiger partial charge is 0.246 e. The van der Waals surface area contributed by atoms with Gasteiger partial charge >= 0.3 is 0 Å². The predicted octanol–water partition coefficient (Wildman–Crippen LogP) is 3.57. The summed E-state index contributed by atoms with van der Waals surface area (Å²) in [5.74, 6) is -0.652. The molecule has 2 aromatic rings. The molecule has 3 nitrogen and oxygen atoms in total. The highest BCUT2D eigenvalue weighted by Gasteiger charge is 2.12. The van der Waals surface area contributed by atoms with Crippen molar-refractivity contribution in [2.75, 3.05) is 13.7 Å². The monoisotopic (exact) mass is 329 g/mol. The minimum Gasteiger partial charge on any atom is -0.493 e. The summed E-state index contributed by atoms with van der Waals surface area (Å²) in [5, 5.41) is 0. The fourth-order valence-electron chi connectivity index (χ4n) is 2.59. The molecule has 0 bridgehead atoms. The SMILES string of the molecule is CN(Cc1ccc(F)cc1F)C(=O)/C=C/c1ccc2c(c1)CCO2. The maximum absolute atomic E-state index is 13.6. The van der Waals surface area contributed by atoms with Crippen LogP contribution in [-0.2, 0) is 17.8 Å². The second-order valence-electron chi connectivity index (χ2n) is 5.73. The Bertz CT molecular complexity index is 802. The van der Waals surface area contributed by atoms with Crippen LogP contribution in [0.5, 0.6) is 5.75 Å². The van der Waals surface area contributed by atoms with Crippen LogP contribution in [0.3, 0.4) is 0 Å². The van der Waals surface area contributed by atoms with E-state index in [0.29, 0.717) is 6.61 Å². The number of ether oxygens (including phenoxy) is 1. The van der Waals surface area contributed by atoms with Crippen molar-refractivity contribution in [1.29, 1.82) is 0 Å². The van der Waals surface area contributed by atoms with Gasteiger partial charge in [-0.25, -0.2) is 8.78 Å². The molecule has 0 aromatic heterocycles. The highest BCUT2D eigenvalue weighted by Crippen LogP contribution is 2.26. The van der Waals surface area contributed by atoms with Gasteiger partial charge in [-0.1, -0.05) is 12.1 Å². The third-order valence-corrected chi connectivity index (χ3v) is 3.93. The normalized spacial score (nSPS) is 13.0. The molecule has 2 aromatic carbocycles. The van der Waals surface area contributed by atoms with Gasteiger partial charge in [-0.15, -0.1) is 0 Å². The van der Waals surface area contributed by atoms with Crippen molar-refractivity contribution in [3.63, 3.8) is 0 Å². The molecule has 24 heavy (non-hydrogen) atoms. The van der Waals surface area contributed by atoms with Crippen molar-refractivity contribution in [3.8, 4) is 5.75 Å². The summed E-state index contributed by atoms with van der Waals surface area (Å²) >= 11 is 0. The largest absolute Gasteiger partial charge is 0.493 e. The number of fused-ring (bicyclic) bond motifs is 1. The summed E-state index contributed by atoms with van der Waals surface area (Å²) < 4.78 is 32.0. The summed E-state index contributed by atoms with van der Waals surface area (Å²) in [4.78, 5) is 13.5. The molecule has 0 saturated heterocycles. The molecule has 0 unspecified atom stereocenters. The van der Waals surface area contributed by atoms with Crippen LogP contribution in [-0.4, -0.2) is 24.5 Å². The molecule has 0 radical (unpaired) electrons. The summed E-state index contributed by atoms with van der Waals surface area (Å²) in [7, 11) is 1.58. The number of carbonyl (C=O) groups excluding carboxylic acids is 1. The van der Waals surface area contributed by atoms with Crippen LogP contribution < -0.4 is 4.74 Å². The summed E-state index contributed by atoms with van der Waals surface area (Å²) in [5.41, 5.74) is 2.32. The minimum atomic E-state index is -0.655. The highest BCUT2D eigenvalue weighted by molar-refractivity contribution is 5.91. The van der Waals surface area contributed by atoms with Gasteiger partial charge in [0.25, 0.3) is 0 Å². The average molecular weight is 329 g/mol. The number of hydrogen-bond acceptors (Lipinski definition) is 2. The Morgan fingerprint density at radius 2 is 2.08 bits per heavy atom. The number of nitrogens with zero attached hydrogens (tertiary/aromatic N) is 1. The molecular formula is C19H17F2NO2. The Labute approximate surface area is 139 Å². The van der Waals surface area contributed by atoms with Crippen LogP contribution in [0.2, 0.25) is 0 Å². The van der Waals surface area contributed by atoms with Crippen molar-refractivity contribution in [3.05, 3.63) is 70.8 Å². The topological polar surface area (TPSA) is 29.5 Å². The van der Waals surface area contributed by atoms with Gasteiger partial charge in [0.1, 0.15) is 17.4 Å². The van der Waals surface area contributed by atoms with E-state index in [2.05, 4.69) is 0 Å². The third-order valence-electron chi connectivity index (χ3n) is 3.93. The maximum Gasteiger partial charge on any atom is 0.246 e. The molecule has 0 aliphatic carbocycles. The van der Waals surface area contributed by atoms with Crippen LogP contribution in [0.15, 0.2) is 42.5 Å². The molecule has 1 aliphatic rings. The predicted molar refractivity (Wildman–Crippen MR) is 87.5 cm³/mol. The van der Waals surface area contributed by atoms with Crippen LogP contribution in [0, 0.1) is 11.6 Å². The van der Waals surface area contributed by atoms with E-state index in [4.69, 9.17) is 4.74 Å². The van der Waals surface area contributed by atoms with Gasteiger partial charge in [0.2, 0.25) is 5.91 Å². The molecule has 0 saturated carbocycles. The van der Waals surface area contributed by atoms with Crippen molar-refractivity contribution >= 4 is 12.0 Å². The number of hydrogen-bond donors (Lipinski definition) is 0. The van der Waals surface area contributed by atoms with Gasteiger partial charge in [0, 0.05) is 37.7 Å². The number of carbonyl (C=O) groups is 1. The Kier molecular flexibility index (Phi) is 4.60. The fraction of sp³-hybridized carbons (Fsp3) is 0.211. The Morgan fingerprint density at radius 3 is 2.88 bits per heavy atom. The number of amides is 1. The molecule has 1 aliphatic heterocycles. The molecule has 1 heterocycles. The zero-order chi connectivity index (χ0) is 17.1. The summed E-state index contributed by atoms with van der Waals surface area (Å²) in [6.07, 6.45) is 4.03. The fourth-order valence-corrected chi connectivity index (χ4v) is 2.59. The first kappa shape index (κ1) is 16.2. The van der Waals surface area contributed by atoms with E-state index < -0.39 is 11.6 Å². The number of benzene rings is 2. The van der Waals surface area contributed by atoms with Gasteiger partial charge in [-0.2, -0.15) is 0 Å². The van der Waals surface area contributed by atoms with Crippen molar-refractivity contribution in [2.45, 2.75) is 13.0 Å². The third kappa shape index (κ3) is 3.62. The molecule has 0 N–H and O–H groups in total. The quantitative estimate of drug-likeness (QED) is 0.803. The van der Waals surface area contributed by atoms with Crippen molar-refractivity contribution < 1.29 is 18.3 Å². The van der Waals surface area contributed by atoms with Crippen molar-refractivity contribution in [2.24, 2.45) is 0 Å². The highest BCUT2D eigenvalue weighted by atomic mass is 19.1. The lowest BCUT2D eigenvalue weighted by atomic mass is 10.1. The first-order chi connectivity index (χ1) is 11.5. The number of rotatable bonds is 4. The van der Waals surface area contributed by atoms with Crippen LogP contribution in [0.4, 0.5) is 8.78 Å². The van der Waals surface area contributed by atoms with Gasteiger partial charge in [0.05, 0.1) is 6.61 Å². The van der Waals surface area contributed by atoms with E-state index in [1.807, 2.05) is 18.2 Å². The standard InChI is InChI=1S/C19H17F2NO2/c1-22(12-15-4-5-16(20)11-17(15)21)19(23)7-3-13-2-6-18-14(10-13)8-9-24-18/h2-7,10-11H,8-9,12H2,1H3/b7-3+. The van der Waals surface area contributed by atoms with E-state index in [0.717, 1.165) is 29.4 Å². The zero-order valence-electron chi connectivity index (χ0n) is 13.3. The van der Waals surface area contributed by atoms with E-state index >= 15 is 0 Å². The zero-order valence-corrected chi connectivity index (χ0v) is 13.3. The van der Waals surface area contributed by atoms with Crippen LogP contribution >= 0.6 is 0 Å². The molecule has 0 fully saturated rings. The first-order valence-corrected chi connectivity index (χ1v) is 7.66. The van der Waals surface area contributed by atoms with Gasteiger partial charge in [-0.05, 0) is 35.4 Å². The molecule has 1 amide bonds. The second-order valence-corrected chi connectivity index (χ2v) is 5.73. The molecule has 124 valence electrons. The maximum atomic E-state index is 13.6. The van der Waals surface area contributed by atoms with Crippen LogP contribution in [0.1, 0.15) is 16.7 Å².